The highest BCUT2D eigenvalue weighted by Gasteiger charge is 2.16. The Kier molecular flexibility index (Phi) is 4.37. The summed E-state index contributed by atoms with van der Waals surface area (Å²) in [6.45, 7) is 0.640. The Labute approximate surface area is 145 Å². The van der Waals surface area contributed by atoms with Gasteiger partial charge in [-0.05, 0) is 30.5 Å². The first kappa shape index (κ1) is 15.7. The van der Waals surface area contributed by atoms with Gasteiger partial charge in [-0.1, -0.05) is 18.9 Å². The van der Waals surface area contributed by atoms with Crippen molar-refractivity contribution in [3.63, 3.8) is 0 Å². The van der Waals surface area contributed by atoms with Crippen LogP contribution in [0.25, 0.3) is 0 Å². The van der Waals surface area contributed by atoms with Crippen LogP contribution in [0.4, 0.5) is 5.95 Å². The van der Waals surface area contributed by atoms with Crippen molar-refractivity contribution in [2.45, 2.75) is 38.3 Å². The molecule has 2 aromatic rings. The van der Waals surface area contributed by atoms with Crippen molar-refractivity contribution in [3.05, 3.63) is 41.7 Å². The number of rotatable bonds is 5. The van der Waals surface area contributed by atoms with E-state index in [1.165, 1.54) is 12.8 Å². The highest BCUT2D eigenvalue weighted by Crippen LogP contribution is 2.32. The summed E-state index contributed by atoms with van der Waals surface area (Å²) in [6.07, 6.45) is 7.91. The Morgan fingerprint density at radius 1 is 1.12 bits per heavy atom. The van der Waals surface area contributed by atoms with E-state index >= 15 is 0 Å². The zero-order valence-corrected chi connectivity index (χ0v) is 13.8. The quantitative estimate of drug-likeness (QED) is 0.870. The molecule has 4 rings (SSSR count). The van der Waals surface area contributed by atoms with E-state index in [-0.39, 0.29) is 12.7 Å². The third-order valence-electron chi connectivity index (χ3n) is 4.49. The summed E-state index contributed by atoms with van der Waals surface area (Å²) in [4.78, 5) is 20.7. The zero-order chi connectivity index (χ0) is 17.1. The monoisotopic (exact) mass is 340 g/mol. The van der Waals surface area contributed by atoms with Crippen molar-refractivity contribution in [3.8, 4) is 11.5 Å². The van der Waals surface area contributed by atoms with Crippen LogP contribution in [0.5, 0.6) is 11.5 Å². The van der Waals surface area contributed by atoms with Crippen LogP contribution in [-0.2, 0) is 6.54 Å². The van der Waals surface area contributed by atoms with Crippen LogP contribution in [0, 0.1) is 0 Å². The standard InChI is InChI=1S/C18H20N4O3/c23-17(19-8-12-5-6-15-16(7-12)25-11-24-15)13-9-20-18(21-10-13)22-14-3-1-2-4-14/h5-7,9-10,14H,1-4,8,11H2,(H,19,23)(H,20,21,22). The molecule has 2 heterocycles. The molecule has 1 aromatic heterocycles. The summed E-state index contributed by atoms with van der Waals surface area (Å²) in [6, 6.07) is 6.06. The zero-order valence-electron chi connectivity index (χ0n) is 13.8. The minimum Gasteiger partial charge on any atom is -0.454 e. The minimum absolute atomic E-state index is 0.204. The van der Waals surface area contributed by atoms with E-state index in [0.717, 1.165) is 24.2 Å². The van der Waals surface area contributed by atoms with Gasteiger partial charge in [-0.15, -0.1) is 0 Å². The van der Waals surface area contributed by atoms with E-state index in [4.69, 9.17) is 9.47 Å². The summed E-state index contributed by atoms with van der Waals surface area (Å²) in [7, 11) is 0. The molecule has 7 heteroatoms. The fourth-order valence-corrected chi connectivity index (χ4v) is 3.11. The number of nitrogens with zero attached hydrogens (tertiary/aromatic N) is 2. The van der Waals surface area contributed by atoms with Gasteiger partial charge in [-0.2, -0.15) is 0 Å². The predicted octanol–water partition coefficient (Wildman–Crippen LogP) is 2.49. The molecule has 0 atom stereocenters. The van der Waals surface area contributed by atoms with E-state index in [9.17, 15) is 4.79 Å². The topological polar surface area (TPSA) is 85.4 Å². The van der Waals surface area contributed by atoms with Crippen molar-refractivity contribution in [1.82, 2.24) is 15.3 Å². The second-order valence-electron chi connectivity index (χ2n) is 6.29. The van der Waals surface area contributed by atoms with Crippen molar-refractivity contribution in [1.29, 1.82) is 0 Å². The summed E-state index contributed by atoms with van der Waals surface area (Å²) >= 11 is 0. The molecule has 1 amide bonds. The number of fused-ring (bicyclic) bond motifs is 1. The average Bonchev–Trinajstić information content (AvgIpc) is 3.31. The SMILES string of the molecule is O=C(NCc1ccc2c(c1)OCO2)c1cnc(NC2CCCC2)nc1. The van der Waals surface area contributed by atoms with Crippen molar-refractivity contribution >= 4 is 11.9 Å². The largest absolute Gasteiger partial charge is 0.454 e. The number of amides is 1. The summed E-state index contributed by atoms with van der Waals surface area (Å²) in [5.41, 5.74) is 1.38. The van der Waals surface area contributed by atoms with E-state index in [1.807, 2.05) is 18.2 Å². The molecule has 1 aliphatic heterocycles. The first-order valence-corrected chi connectivity index (χ1v) is 8.53. The van der Waals surface area contributed by atoms with Gasteiger partial charge in [-0.25, -0.2) is 9.97 Å². The van der Waals surface area contributed by atoms with Gasteiger partial charge in [0.15, 0.2) is 11.5 Å². The van der Waals surface area contributed by atoms with Gasteiger partial charge >= 0.3 is 0 Å². The fourth-order valence-electron chi connectivity index (χ4n) is 3.11. The van der Waals surface area contributed by atoms with Crippen LogP contribution in [0.1, 0.15) is 41.6 Å². The van der Waals surface area contributed by atoms with E-state index in [1.54, 1.807) is 12.4 Å². The number of nitrogens with one attached hydrogen (secondary N) is 2. The van der Waals surface area contributed by atoms with Gasteiger partial charge in [0.25, 0.3) is 5.91 Å². The van der Waals surface area contributed by atoms with Gasteiger partial charge in [-0.3, -0.25) is 4.79 Å². The van der Waals surface area contributed by atoms with E-state index < -0.39 is 0 Å². The highest BCUT2D eigenvalue weighted by molar-refractivity contribution is 5.93. The van der Waals surface area contributed by atoms with Crippen molar-refractivity contribution in [2.24, 2.45) is 0 Å². The Balaban J connectivity index is 1.33. The lowest BCUT2D eigenvalue weighted by Crippen LogP contribution is -2.23. The summed E-state index contributed by atoms with van der Waals surface area (Å²) < 4.78 is 10.6. The van der Waals surface area contributed by atoms with Gasteiger partial charge in [0.05, 0.1) is 5.56 Å². The molecular formula is C18H20N4O3. The second kappa shape index (κ2) is 6.96. The molecule has 25 heavy (non-hydrogen) atoms. The van der Waals surface area contributed by atoms with Crippen molar-refractivity contribution in [2.75, 3.05) is 12.1 Å². The molecule has 0 spiro atoms. The Morgan fingerprint density at radius 3 is 2.68 bits per heavy atom. The summed E-state index contributed by atoms with van der Waals surface area (Å²) in [5.74, 6) is 1.82. The van der Waals surface area contributed by atoms with Crippen LogP contribution >= 0.6 is 0 Å². The van der Waals surface area contributed by atoms with Gasteiger partial charge < -0.3 is 20.1 Å². The molecular weight excluding hydrogens is 320 g/mol. The smallest absolute Gasteiger partial charge is 0.254 e. The Bertz CT molecular complexity index is 757. The van der Waals surface area contributed by atoms with Crippen LogP contribution in [0.3, 0.4) is 0 Å². The maximum absolute atomic E-state index is 12.2. The van der Waals surface area contributed by atoms with Gasteiger partial charge in [0.1, 0.15) is 0 Å². The lowest BCUT2D eigenvalue weighted by molar-refractivity contribution is 0.0950. The molecule has 1 fully saturated rings. The molecule has 2 N–H and O–H groups in total. The lowest BCUT2D eigenvalue weighted by atomic mass is 10.2. The van der Waals surface area contributed by atoms with Crippen LogP contribution < -0.4 is 20.1 Å². The van der Waals surface area contributed by atoms with E-state index in [0.29, 0.717) is 29.8 Å². The van der Waals surface area contributed by atoms with Crippen LogP contribution in [0.2, 0.25) is 0 Å². The molecule has 1 saturated carbocycles. The minimum atomic E-state index is -0.204. The van der Waals surface area contributed by atoms with Gasteiger partial charge in [0.2, 0.25) is 12.7 Å². The van der Waals surface area contributed by atoms with Gasteiger partial charge in [0, 0.05) is 25.0 Å². The number of anilines is 1. The second-order valence-corrected chi connectivity index (χ2v) is 6.29. The normalized spacial score (nSPS) is 16.0. The van der Waals surface area contributed by atoms with Crippen LogP contribution in [0.15, 0.2) is 30.6 Å². The molecule has 0 bridgehead atoms. The average molecular weight is 340 g/mol. The number of carbonyl (C=O) groups excluding carboxylic acids is 1. The predicted molar refractivity (Wildman–Crippen MR) is 91.6 cm³/mol. The Hall–Kier alpha value is -2.83. The summed E-state index contributed by atoms with van der Waals surface area (Å²) in [5, 5.41) is 6.17. The van der Waals surface area contributed by atoms with E-state index in [2.05, 4.69) is 20.6 Å². The molecule has 1 aromatic carbocycles. The molecule has 0 unspecified atom stereocenters. The highest BCUT2D eigenvalue weighted by atomic mass is 16.7. The maximum atomic E-state index is 12.2. The first-order valence-electron chi connectivity index (χ1n) is 8.53. The number of hydrogen-bond donors (Lipinski definition) is 2. The maximum Gasteiger partial charge on any atom is 0.254 e. The number of carbonyl (C=O) groups is 1. The molecule has 0 radical (unpaired) electrons. The number of ether oxygens (including phenoxy) is 2. The Morgan fingerprint density at radius 2 is 1.88 bits per heavy atom. The van der Waals surface area contributed by atoms with Crippen LogP contribution in [-0.4, -0.2) is 28.7 Å². The fraction of sp³-hybridized carbons (Fsp3) is 0.389. The number of hydrogen-bond acceptors (Lipinski definition) is 6. The molecule has 130 valence electrons. The van der Waals surface area contributed by atoms with Crippen molar-refractivity contribution < 1.29 is 14.3 Å². The number of aromatic nitrogens is 2. The third kappa shape index (κ3) is 3.65. The molecule has 0 saturated heterocycles. The number of benzene rings is 1. The lowest BCUT2D eigenvalue weighted by Gasteiger charge is -2.11. The first-order chi connectivity index (χ1) is 12.3. The molecule has 7 nitrogen and oxygen atoms in total. The third-order valence-corrected chi connectivity index (χ3v) is 4.49. The molecule has 2 aliphatic rings. The molecule has 1 aliphatic carbocycles.